The molecule has 0 bridgehead atoms. The van der Waals surface area contributed by atoms with Crippen LogP contribution in [0.5, 0.6) is 0 Å². The van der Waals surface area contributed by atoms with Crippen molar-refractivity contribution in [3.63, 3.8) is 0 Å². The van der Waals surface area contributed by atoms with Gasteiger partial charge in [-0.05, 0) is 19.1 Å². The van der Waals surface area contributed by atoms with Crippen molar-refractivity contribution in [3.8, 4) is 11.4 Å². The number of rotatable bonds is 2. The van der Waals surface area contributed by atoms with Crippen LogP contribution in [0.1, 0.15) is 31.2 Å². The van der Waals surface area contributed by atoms with Crippen molar-refractivity contribution < 1.29 is 0 Å². The van der Waals surface area contributed by atoms with Gasteiger partial charge in [0.1, 0.15) is 5.82 Å². The Kier molecular flexibility index (Phi) is 2.88. The molecule has 0 unspecified atom stereocenters. The molecule has 0 saturated carbocycles. The number of nitrogens with zero attached hydrogens (tertiary/aromatic N) is 3. The number of hydrogen-bond acceptors (Lipinski definition) is 3. The van der Waals surface area contributed by atoms with Crippen molar-refractivity contribution in [2.45, 2.75) is 26.7 Å². The zero-order chi connectivity index (χ0) is 12.6. The Hall–Kier alpha value is -1.84. The first-order valence-electron chi connectivity index (χ1n) is 5.76. The van der Waals surface area contributed by atoms with Crippen molar-refractivity contribution in [1.82, 2.24) is 14.8 Å². The minimum atomic E-state index is 0.354. The Morgan fingerprint density at radius 1 is 1.29 bits per heavy atom. The number of aryl methyl sites for hydroxylation is 2. The lowest BCUT2D eigenvalue weighted by molar-refractivity contribution is 0.655. The maximum atomic E-state index is 5.97. The van der Waals surface area contributed by atoms with Crippen LogP contribution < -0.4 is 5.73 Å². The van der Waals surface area contributed by atoms with Gasteiger partial charge in [-0.25, -0.2) is 4.98 Å². The molecule has 1 aromatic carbocycles. The lowest BCUT2D eigenvalue weighted by Gasteiger charge is -2.02. The summed E-state index contributed by atoms with van der Waals surface area (Å²) in [7, 11) is 1.91. The summed E-state index contributed by atoms with van der Waals surface area (Å²) in [5, 5.41) is 4.43. The predicted octanol–water partition coefficient (Wildman–Crippen LogP) is 2.50. The van der Waals surface area contributed by atoms with Crippen LogP contribution >= 0.6 is 0 Å². The first-order chi connectivity index (χ1) is 7.99. The molecule has 0 atom stereocenters. The van der Waals surface area contributed by atoms with Gasteiger partial charge in [0.25, 0.3) is 0 Å². The number of nitrogens with two attached hydrogens (primary N) is 1. The van der Waals surface area contributed by atoms with E-state index in [1.54, 1.807) is 0 Å². The van der Waals surface area contributed by atoms with Crippen LogP contribution in [0.15, 0.2) is 18.2 Å². The Labute approximate surface area is 101 Å². The van der Waals surface area contributed by atoms with E-state index in [0.717, 1.165) is 22.6 Å². The summed E-state index contributed by atoms with van der Waals surface area (Å²) in [4.78, 5) is 4.55. The van der Waals surface area contributed by atoms with E-state index in [2.05, 4.69) is 23.9 Å². The highest BCUT2D eigenvalue weighted by Gasteiger charge is 2.13. The monoisotopic (exact) mass is 230 g/mol. The predicted molar refractivity (Wildman–Crippen MR) is 69.7 cm³/mol. The molecule has 4 heteroatoms. The van der Waals surface area contributed by atoms with Gasteiger partial charge in [-0.3, -0.25) is 4.68 Å². The van der Waals surface area contributed by atoms with Crippen LogP contribution in [0.25, 0.3) is 11.4 Å². The summed E-state index contributed by atoms with van der Waals surface area (Å²) in [5.74, 6) is 2.03. The van der Waals surface area contributed by atoms with Gasteiger partial charge in [0.2, 0.25) is 0 Å². The summed E-state index contributed by atoms with van der Waals surface area (Å²) in [6.07, 6.45) is 0. The van der Waals surface area contributed by atoms with Gasteiger partial charge >= 0.3 is 0 Å². The standard InChI is InChI=1S/C13H18N4/c1-8(2)13-15-12(16-17(13)4)10-7-9(3)5-6-11(10)14/h5-8H,14H2,1-4H3. The van der Waals surface area contributed by atoms with Crippen molar-refractivity contribution in [3.05, 3.63) is 29.6 Å². The second kappa shape index (κ2) is 4.20. The Morgan fingerprint density at radius 3 is 2.59 bits per heavy atom. The van der Waals surface area contributed by atoms with Crippen LogP contribution in [-0.4, -0.2) is 14.8 Å². The fourth-order valence-electron chi connectivity index (χ4n) is 1.88. The zero-order valence-electron chi connectivity index (χ0n) is 10.7. The zero-order valence-corrected chi connectivity index (χ0v) is 10.7. The molecule has 1 heterocycles. The van der Waals surface area contributed by atoms with E-state index in [-0.39, 0.29) is 0 Å². The average molecular weight is 230 g/mol. The molecule has 0 spiro atoms. The highest BCUT2D eigenvalue weighted by molar-refractivity contribution is 5.72. The van der Waals surface area contributed by atoms with E-state index in [0.29, 0.717) is 11.7 Å². The quantitative estimate of drug-likeness (QED) is 0.806. The summed E-state index contributed by atoms with van der Waals surface area (Å²) in [5.41, 5.74) is 8.76. The summed E-state index contributed by atoms with van der Waals surface area (Å²) < 4.78 is 1.82. The number of anilines is 1. The minimum absolute atomic E-state index is 0.354. The number of nitrogen functional groups attached to an aromatic ring is 1. The maximum Gasteiger partial charge on any atom is 0.183 e. The highest BCUT2D eigenvalue weighted by Crippen LogP contribution is 2.25. The van der Waals surface area contributed by atoms with Gasteiger partial charge < -0.3 is 5.73 Å². The first kappa shape index (κ1) is 11.6. The molecule has 2 rings (SSSR count). The smallest absolute Gasteiger partial charge is 0.183 e. The normalized spacial score (nSPS) is 11.1. The molecule has 0 aliphatic rings. The second-order valence-corrected chi connectivity index (χ2v) is 4.66. The minimum Gasteiger partial charge on any atom is -0.398 e. The average Bonchev–Trinajstić information content (AvgIpc) is 2.64. The van der Waals surface area contributed by atoms with Crippen molar-refractivity contribution >= 4 is 5.69 Å². The third-order valence-corrected chi connectivity index (χ3v) is 2.76. The van der Waals surface area contributed by atoms with E-state index < -0.39 is 0 Å². The molecule has 0 radical (unpaired) electrons. The molecule has 0 amide bonds. The van der Waals surface area contributed by atoms with Gasteiger partial charge in [-0.2, -0.15) is 5.10 Å². The maximum absolute atomic E-state index is 5.97. The van der Waals surface area contributed by atoms with Crippen LogP contribution in [0.3, 0.4) is 0 Å². The Morgan fingerprint density at radius 2 is 2.00 bits per heavy atom. The first-order valence-corrected chi connectivity index (χ1v) is 5.76. The molecule has 17 heavy (non-hydrogen) atoms. The number of aromatic nitrogens is 3. The summed E-state index contributed by atoms with van der Waals surface area (Å²) in [6.45, 7) is 6.25. The molecule has 1 aromatic heterocycles. The van der Waals surface area contributed by atoms with Gasteiger partial charge in [0, 0.05) is 24.2 Å². The van der Waals surface area contributed by atoms with Gasteiger partial charge in [-0.1, -0.05) is 25.5 Å². The van der Waals surface area contributed by atoms with Crippen LogP contribution in [0, 0.1) is 6.92 Å². The molecule has 0 aliphatic heterocycles. The van der Waals surface area contributed by atoms with E-state index in [1.165, 1.54) is 0 Å². The Bertz CT molecular complexity index is 540. The molecule has 0 saturated heterocycles. The molecule has 90 valence electrons. The third-order valence-electron chi connectivity index (χ3n) is 2.76. The fraction of sp³-hybridized carbons (Fsp3) is 0.385. The summed E-state index contributed by atoms with van der Waals surface area (Å²) >= 11 is 0. The molecular formula is C13H18N4. The van der Waals surface area contributed by atoms with E-state index >= 15 is 0 Å². The molecule has 0 fully saturated rings. The Balaban J connectivity index is 2.53. The van der Waals surface area contributed by atoms with Gasteiger partial charge in [0.15, 0.2) is 5.82 Å². The summed E-state index contributed by atoms with van der Waals surface area (Å²) in [6, 6.07) is 5.91. The van der Waals surface area contributed by atoms with Crippen molar-refractivity contribution in [2.24, 2.45) is 7.05 Å². The van der Waals surface area contributed by atoms with E-state index in [1.807, 2.05) is 36.9 Å². The largest absolute Gasteiger partial charge is 0.398 e. The number of hydrogen-bond donors (Lipinski definition) is 1. The van der Waals surface area contributed by atoms with Crippen LogP contribution in [-0.2, 0) is 7.05 Å². The van der Waals surface area contributed by atoms with E-state index in [9.17, 15) is 0 Å². The molecule has 0 aliphatic carbocycles. The molecule has 4 nitrogen and oxygen atoms in total. The van der Waals surface area contributed by atoms with Gasteiger partial charge in [-0.15, -0.1) is 0 Å². The SMILES string of the molecule is Cc1ccc(N)c(-c2nc(C(C)C)n(C)n2)c1. The van der Waals surface area contributed by atoms with Crippen molar-refractivity contribution in [1.29, 1.82) is 0 Å². The topological polar surface area (TPSA) is 56.7 Å². The van der Waals surface area contributed by atoms with Gasteiger partial charge in [0.05, 0.1) is 0 Å². The lowest BCUT2D eigenvalue weighted by Crippen LogP contribution is -2.00. The van der Waals surface area contributed by atoms with Crippen LogP contribution in [0.2, 0.25) is 0 Å². The third kappa shape index (κ3) is 2.16. The van der Waals surface area contributed by atoms with E-state index in [4.69, 9.17) is 5.73 Å². The number of benzene rings is 1. The lowest BCUT2D eigenvalue weighted by atomic mass is 10.1. The van der Waals surface area contributed by atoms with Crippen molar-refractivity contribution in [2.75, 3.05) is 5.73 Å². The molecule has 2 N–H and O–H groups in total. The second-order valence-electron chi connectivity index (χ2n) is 4.66. The molecular weight excluding hydrogens is 212 g/mol. The highest BCUT2D eigenvalue weighted by atomic mass is 15.3. The van der Waals surface area contributed by atoms with Crippen LogP contribution in [0.4, 0.5) is 5.69 Å². The fourth-order valence-corrected chi connectivity index (χ4v) is 1.88. The molecule has 2 aromatic rings.